The number of hydrogen-bond donors (Lipinski definition) is 2. The Labute approximate surface area is 235 Å². The summed E-state index contributed by atoms with van der Waals surface area (Å²) in [5.74, 6) is 0. The molecule has 202 valence electrons. The Kier molecular flexibility index (Phi) is 8.21. The first kappa shape index (κ1) is 27.2. The lowest BCUT2D eigenvalue weighted by atomic mass is 9.87. The highest BCUT2D eigenvalue weighted by Crippen LogP contribution is 2.34. The summed E-state index contributed by atoms with van der Waals surface area (Å²) < 4.78 is 5.45. The second-order valence-electron chi connectivity index (χ2n) is 10.9. The summed E-state index contributed by atoms with van der Waals surface area (Å²) in [5, 5.41) is 8.22. The fraction of sp³-hybridized carbons (Fsp3) is 0.312. The molecule has 39 heavy (non-hydrogen) atoms. The second kappa shape index (κ2) is 11.8. The molecule has 0 spiro atoms. The summed E-state index contributed by atoms with van der Waals surface area (Å²) in [6, 6.07) is 22.4. The summed E-state index contributed by atoms with van der Waals surface area (Å²) in [7, 11) is 0. The van der Waals surface area contributed by atoms with Gasteiger partial charge in [0.15, 0.2) is 0 Å². The summed E-state index contributed by atoms with van der Waals surface area (Å²) in [6.45, 7) is 10.8. The summed E-state index contributed by atoms with van der Waals surface area (Å²) >= 11 is 1.62. The number of carbonyl (C=O) groups excluding carboxylic acids is 1. The van der Waals surface area contributed by atoms with Crippen molar-refractivity contribution in [3.8, 4) is 11.1 Å². The molecular formula is C32H36N4O2S. The number of morpholine rings is 1. The van der Waals surface area contributed by atoms with Crippen LogP contribution in [0.2, 0.25) is 0 Å². The van der Waals surface area contributed by atoms with E-state index in [1.54, 1.807) is 11.8 Å². The standard InChI is InChI=1S/C32H36N4O2S/c1-32(2,3)23-10-14-30(39-4)29(19-23)35-31(37)34-28-13-12-25(26-7-5-6-8-27(26)28)22-9-11-24(33-20-22)21-36-15-17-38-18-16-36/h5-14,19-20H,15-18,21H2,1-4H3,(H2,34,35,37). The van der Waals surface area contributed by atoms with Crippen LogP contribution in [0.3, 0.4) is 0 Å². The van der Waals surface area contributed by atoms with E-state index in [9.17, 15) is 4.79 Å². The number of hydrogen-bond acceptors (Lipinski definition) is 5. The number of benzene rings is 3. The number of ether oxygens (including phenoxy) is 1. The van der Waals surface area contributed by atoms with Crippen LogP contribution in [-0.2, 0) is 16.7 Å². The minimum atomic E-state index is -0.261. The van der Waals surface area contributed by atoms with Crippen LogP contribution < -0.4 is 10.6 Å². The van der Waals surface area contributed by atoms with Crippen molar-refractivity contribution in [1.29, 1.82) is 0 Å². The average molecular weight is 541 g/mol. The average Bonchev–Trinajstić information content (AvgIpc) is 2.94. The van der Waals surface area contributed by atoms with E-state index in [1.165, 1.54) is 5.56 Å². The molecule has 3 aromatic carbocycles. The normalized spacial score (nSPS) is 14.4. The Balaban J connectivity index is 1.36. The van der Waals surface area contributed by atoms with Gasteiger partial charge in [-0.05, 0) is 52.4 Å². The van der Waals surface area contributed by atoms with Crippen LogP contribution in [0.15, 0.2) is 77.8 Å². The molecular weight excluding hydrogens is 504 g/mol. The van der Waals surface area contributed by atoms with Crippen molar-refractivity contribution in [2.75, 3.05) is 43.2 Å². The molecule has 6 nitrogen and oxygen atoms in total. The molecule has 0 unspecified atom stereocenters. The molecule has 0 aliphatic carbocycles. The summed E-state index contributed by atoms with van der Waals surface area (Å²) in [4.78, 5) is 21.3. The molecule has 2 N–H and O–H groups in total. The first-order valence-electron chi connectivity index (χ1n) is 13.4. The van der Waals surface area contributed by atoms with E-state index in [-0.39, 0.29) is 11.4 Å². The first-order chi connectivity index (χ1) is 18.8. The molecule has 0 atom stereocenters. The monoisotopic (exact) mass is 540 g/mol. The first-order valence-corrected chi connectivity index (χ1v) is 14.6. The van der Waals surface area contributed by atoms with Gasteiger partial charge in [0.2, 0.25) is 0 Å². The zero-order valence-electron chi connectivity index (χ0n) is 23.1. The lowest BCUT2D eigenvalue weighted by Gasteiger charge is -2.26. The van der Waals surface area contributed by atoms with Crippen LogP contribution in [0.4, 0.5) is 16.2 Å². The molecule has 0 saturated carbocycles. The van der Waals surface area contributed by atoms with Crippen molar-refractivity contribution < 1.29 is 9.53 Å². The fourth-order valence-corrected chi connectivity index (χ4v) is 5.41. The quantitative estimate of drug-likeness (QED) is 0.250. The SMILES string of the molecule is CSc1ccc(C(C)(C)C)cc1NC(=O)Nc1ccc(-c2ccc(CN3CCOCC3)nc2)c2ccccc12. The molecule has 7 heteroatoms. The minimum absolute atomic E-state index is 0.00849. The molecule has 2 heterocycles. The van der Waals surface area contributed by atoms with Crippen LogP contribution >= 0.6 is 11.8 Å². The van der Waals surface area contributed by atoms with Crippen LogP contribution in [0.5, 0.6) is 0 Å². The van der Waals surface area contributed by atoms with Gasteiger partial charge in [0, 0.05) is 41.7 Å². The number of amides is 2. The topological polar surface area (TPSA) is 66.5 Å². The highest BCUT2D eigenvalue weighted by Gasteiger charge is 2.17. The highest BCUT2D eigenvalue weighted by molar-refractivity contribution is 7.98. The van der Waals surface area contributed by atoms with Crippen LogP contribution in [0.1, 0.15) is 32.0 Å². The Bertz CT molecular complexity index is 1460. The number of carbonyl (C=O) groups is 1. The van der Waals surface area contributed by atoms with Gasteiger partial charge in [-0.3, -0.25) is 9.88 Å². The number of nitrogens with one attached hydrogen (secondary N) is 2. The highest BCUT2D eigenvalue weighted by atomic mass is 32.2. The largest absolute Gasteiger partial charge is 0.379 e. The lowest BCUT2D eigenvalue weighted by Crippen LogP contribution is -2.35. The third-order valence-corrected chi connectivity index (χ3v) is 7.91. The number of nitrogens with zero attached hydrogens (tertiary/aromatic N) is 2. The van der Waals surface area contributed by atoms with Gasteiger partial charge in [0.05, 0.1) is 30.3 Å². The van der Waals surface area contributed by atoms with E-state index in [0.29, 0.717) is 0 Å². The van der Waals surface area contributed by atoms with E-state index in [1.807, 2.05) is 36.7 Å². The number of anilines is 2. The predicted molar refractivity (Wildman–Crippen MR) is 163 cm³/mol. The Morgan fingerprint density at radius 3 is 2.38 bits per heavy atom. The van der Waals surface area contributed by atoms with Gasteiger partial charge in [-0.1, -0.05) is 63.2 Å². The van der Waals surface area contributed by atoms with Crippen molar-refractivity contribution in [3.05, 3.63) is 84.2 Å². The number of rotatable bonds is 6. The smallest absolute Gasteiger partial charge is 0.323 e. The minimum Gasteiger partial charge on any atom is -0.379 e. The van der Waals surface area contributed by atoms with Gasteiger partial charge >= 0.3 is 6.03 Å². The maximum Gasteiger partial charge on any atom is 0.323 e. The Morgan fingerprint density at radius 1 is 0.949 bits per heavy atom. The van der Waals surface area contributed by atoms with Gasteiger partial charge in [-0.25, -0.2) is 4.79 Å². The number of fused-ring (bicyclic) bond motifs is 1. The van der Waals surface area contributed by atoms with Gasteiger partial charge < -0.3 is 15.4 Å². The number of aromatic nitrogens is 1. The molecule has 1 aromatic heterocycles. The van der Waals surface area contributed by atoms with Crippen LogP contribution in [0.25, 0.3) is 21.9 Å². The number of pyridine rings is 1. The third kappa shape index (κ3) is 6.44. The Morgan fingerprint density at radius 2 is 1.69 bits per heavy atom. The zero-order valence-corrected chi connectivity index (χ0v) is 23.9. The van der Waals surface area contributed by atoms with Crippen molar-refractivity contribution >= 4 is 39.9 Å². The van der Waals surface area contributed by atoms with Gasteiger partial charge in [-0.15, -0.1) is 11.8 Å². The molecule has 0 radical (unpaired) electrons. The molecule has 1 aliphatic rings. The maximum atomic E-state index is 13.2. The van der Waals surface area contributed by atoms with Crippen LogP contribution in [-0.4, -0.2) is 48.5 Å². The van der Waals surface area contributed by atoms with E-state index >= 15 is 0 Å². The van der Waals surface area contributed by atoms with E-state index in [4.69, 9.17) is 9.72 Å². The third-order valence-electron chi connectivity index (χ3n) is 7.11. The second-order valence-corrected chi connectivity index (χ2v) is 11.7. The van der Waals surface area contributed by atoms with E-state index in [0.717, 1.165) is 76.7 Å². The molecule has 0 bridgehead atoms. The molecule has 1 aliphatic heterocycles. The summed E-state index contributed by atoms with van der Waals surface area (Å²) in [5.41, 5.74) is 5.94. The van der Waals surface area contributed by atoms with Crippen molar-refractivity contribution in [2.24, 2.45) is 0 Å². The molecule has 2 amide bonds. The van der Waals surface area contributed by atoms with Crippen LogP contribution in [0, 0.1) is 0 Å². The maximum absolute atomic E-state index is 13.2. The van der Waals surface area contributed by atoms with E-state index < -0.39 is 0 Å². The van der Waals surface area contributed by atoms with Gasteiger partial charge in [-0.2, -0.15) is 0 Å². The number of urea groups is 1. The molecule has 1 saturated heterocycles. The predicted octanol–water partition coefficient (Wildman–Crippen LogP) is 7.40. The van der Waals surface area contributed by atoms with Gasteiger partial charge in [0.1, 0.15) is 0 Å². The van der Waals surface area contributed by atoms with E-state index in [2.05, 4.69) is 78.8 Å². The Hall–Kier alpha value is -3.39. The number of thioether (sulfide) groups is 1. The van der Waals surface area contributed by atoms with Crippen molar-refractivity contribution in [2.45, 2.75) is 37.6 Å². The zero-order chi connectivity index (χ0) is 27.4. The molecule has 5 rings (SSSR count). The fourth-order valence-electron chi connectivity index (χ4n) is 4.87. The van der Waals surface area contributed by atoms with Gasteiger partial charge in [0.25, 0.3) is 0 Å². The van der Waals surface area contributed by atoms with Crippen molar-refractivity contribution in [3.63, 3.8) is 0 Å². The molecule has 1 fully saturated rings. The van der Waals surface area contributed by atoms with Crippen molar-refractivity contribution in [1.82, 2.24) is 9.88 Å². The summed E-state index contributed by atoms with van der Waals surface area (Å²) in [6.07, 6.45) is 3.97. The lowest BCUT2D eigenvalue weighted by molar-refractivity contribution is 0.0336. The molecule has 4 aromatic rings.